The number of carbonyl (C=O) groups is 1. The molecule has 5 nitrogen and oxygen atoms in total. The van der Waals surface area contributed by atoms with Crippen molar-refractivity contribution in [2.24, 2.45) is 0 Å². The lowest BCUT2D eigenvalue weighted by Gasteiger charge is -2.09. The van der Waals surface area contributed by atoms with E-state index in [1.807, 2.05) is 19.1 Å². The molecule has 0 unspecified atom stereocenters. The molecule has 0 amide bonds. The van der Waals surface area contributed by atoms with Crippen LogP contribution in [-0.2, 0) is 21.2 Å². The Kier molecular flexibility index (Phi) is 6.58. The van der Waals surface area contributed by atoms with Gasteiger partial charge < -0.3 is 4.74 Å². The van der Waals surface area contributed by atoms with E-state index in [-0.39, 0.29) is 4.90 Å². The summed E-state index contributed by atoms with van der Waals surface area (Å²) < 4.78 is 32.4. The summed E-state index contributed by atoms with van der Waals surface area (Å²) in [6.07, 6.45) is 2.68. The van der Waals surface area contributed by atoms with Gasteiger partial charge in [0, 0.05) is 5.69 Å². The molecule has 25 heavy (non-hydrogen) atoms. The first-order valence-electron chi connectivity index (χ1n) is 8.35. The summed E-state index contributed by atoms with van der Waals surface area (Å²) in [5, 5.41) is 0. The van der Waals surface area contributed by atoms with Crippen molar-refractivity contribution < 1.29 is 17.9 Å². The number of nitrogens with one attached hydrogen (secondary N) is 1. The van der Waals surface area contributed by atoms with E-state index in [0.29, 0.717) is 17.9 Å². The predicted molar refractivity (Wildman–Crippen MR) is 98.3 cm³/mol. The Morgan fingerprint density at radius 2 is 1.60 bits per heavy atom. The van der Waals surface area contributed by atoms with Gasteiger partial charge in [0.15, 0.2) is 0 Å². The van der Waals surface area contributed by atoms with Crippen LogP contribution in [0.1, 0.15) is 42.6 Å². The second-order valence-electron chi connectivity index (χ2n) is 5.71. The number of esters is 1. The molecule has 2 aromatic rings. The Morgan fingerprint density at radius 3 is 2.16 bits per heavy atom. The third kappa shape index (κ3) is 5.32. The van der Waals surface area contributed by atoms with E-state index < -0.39 is 16.0 Å². The normalized spacial score (nSPS) is 11.1. The second-order valence-corrected chi connectivity index (χ2v) is 7.40. The molecule has 0 heterocycles. The maximum absolute atomic E-state index is 12.4. The molecule has 134 valence electrons. The fourth-order valence-electron chi connectivity index (χ4n) is 2.29. The van der Waals surface area contributed by atoms with Crippen molar-refractivity contribution in [1.82, 2.24) is 0 Å². The molecule has 0 radical (unpaired) electrons. The van der Waals surface area contributed by atoms with Crippen LogP contribution in [0.5, 0.6) is 0 Å². The van der Waals surface area contributed by atoms with Crippen molar-refractivity contribution in [3.8, 4) is 0 Å². The van der Waals surface area contributed by atoms with Crippen LogP contribution in [0.3, 0.4) is 0 Å². The third-order valence-corrected chi connectivity index (χ3v) is 4.98. The summed E-state index contributed by atoms with van der Waals surface area (Å²) in [7, 11) is -3.66. The number of aryl methyl sites for hydroxylation is 1. The van der Waals surface area contributed by atoms with E-state index in [2.05, 4.69) is 11.6 Å². The van der Waals surface area contributed by atoms with Crippen molar-refractivity contribution in [2.75, 3.05) is 11.3 Å². The van der Waals surface area contributed by atoms with Gasteiger partial charge in [-0.15, -0.1) is 0 Å². The van der Waals surface area contributed by atoms with Crippen molar-refractivity contribution in [2.45, 2.75) is 38.0 Å². The van der Waals surface area contributed by atoms with Gasteiger partial charge in [0.2, 0.25) is 0 Å². The third-order valence-electron chi connectivity index (χ3n) is 3.58. The molecular weight excluding hydrogens is 338 g/mol. The van der Waals surface area contributed by atoms with E-state index in [1.54, 1.807) is 36.4 Å². The Morgan fingerprint density at radius 1 is 0.960 bits per heavy atom. The van der Waals surface area contributed by atoms with E-state index in [1.165, 1.54) is 0 Å². The lowest BCUT2D eigenvalue weighted by atomic mass is 10.1. The van der Waals surface area contributed by atoms with Crippen LogP contribution in [0.2, 0.25) is 0 Å². The predicted octanol–water partition coefficient (Wildman–Crippen LogP) is 4.01. The number of anilines is 1. The van der Waals surface area contributed by atoms with E-state index in [9.17, 15) is 13.2 Å². The molecule has 0 aliphatic rings. The van der Waals surface area contributed by atoms with Crippen molar-refractivity contribution in [3.05, 3.63) is 59.7 Å². The molecule has 0 bridgehead atoms. The Balaban J connectivity index is 2.08. The molecule has 0 aromatic heterocycles. The van der Waals surface area contributed by atoms with Gasteiger partial charge in [-0.25, -0.2) is 13.2 Å². The Labute approximate surface area is 149 Å². The average Bonchev–Trinajstić information content (AvgIpc) is 2.61. The van der Waals surface area contributed by atoms with Gasteiger partial charge in [0.25, 0.3) is 10.0 Å². The van der Waals surface area contributed by atoms with Gasteiger partial charge in [-0.05, 0) is 54.8 Å². The number of carbonyl (C=O) groups excluding carboxylic acids is 1. The summed E-state index contributed by atoms with van der Waals surface area (Å²) in [6.45, 7) is 4.36. The largest absolute Gasteiger partial charge is 0.462 e. The molecule has 0 fully saturated rings. The first kappa shape index (κ1) is 19.0. The zero-order chi connectivity index (χ0) is 18.3. The van der Waals surface area contributed by atoms with E-state index in [4.69, 9.17) is 4.74 Å². The van der Waals surface area contributed by atoms with Gasteiger partial charge >= 0.3 is 5.97 Å². The number of sulfonamides is 1. The highest BCUT2D eigenvalue weighted by Crippen LogP contribution is 2.18. The minimum Gasteiger partial charge on any atom is -0.462 e. The molecule has 2 aromatic carbocycles. The van der Waals surface area contributed by atoms with Crippen molar-refractivity contribution in [1.29, 1.82) is 0 Å². The van der Waals surface area contributed by atoms with Crippen LogP contribution in [0.4, 0.5) is 5.69 Å². The summed E-state index contributed by atoms with van der Waals surface area (Å²) in [5.41, 5.74) is 1.89. The van der Waals surface area contributed by atoms with Gasteiger partial charge in [-0.3, -0.25) is 4.72 Å². The fraction of sp³-hybridized carbons (Fsp3) is 0.316. The molecule has 0 saturated carbocycles. The minimum atomic E-state index is -3.66. The lowest BCUT2D eigenvalue weighted by Crippen LogP contribution is -2.13. The van der Waals surface area contributed by atoms with E-state index >= 15 is 0 Å². The monoisotopic (exact) mass is 361 g/mol. The smallest absolute Gasteiger partial charge is 0.338 e. The summed E-state index contributed by atoms with van der Waals surface area (Å²) >= 11 is 0. The highest BCUT2D eigenvalue weighted by Gasteiger charge is 2.14. The molecule has 0 aliphatic carbocycles. The van der Waals surface area contributed by atoms with Crippen LogP contribution < -0.4 is 4.72 Å². The molecule has 0 spiro atoms. The SMILES string of the molecule is CCCOC(=O)c1ccc(NS(=O)(=O)c2ccc(CCC)cc2)cc1. The summed E-state index contributed by atoms with van der Waals surface area (Å²) in [4.78, 5) is 12.0. The fourth-order valence-corrected chi connectivity index (χ4v) is 3.35. The van der Waals surface area contributed by atoms with Gasteiger partial charge in [-0.1, -0.05) is 32.4 Å². The zero-order valence-corrected chi connectivity index (χ0v) is 15.3. The highest BCUT2D eigenvalue weighted by molar-refractivity contribution is 7.92. The maximum Gasteiger partial charge on any atom is 0.338 e. The van der Waals surface area contributed by atoms with Gasteiger partial charge in [0.1, 0.15) is 0 Å². The van der Waals surface area contributed by atoms with Crippen LogP contribution >= 0.6 is 0 Å². The quantitative estimate of drug-likeness (QED) is 0.721. The first-order chi connectivity index (χ1) is 12.0. The average molecular weight is 361 g/mol. The first-order valence-corrected chi connectivity index (χ1v) is 9.83. The minimum absolute atomic E-state index is 0.207. The molecule has 0 saturated heterocycles. The van der Waals surface area contributed by atoms with Crippen molar-refractivity contribution in [3.63, 3.8) is 0 Å². The maximum atomic E-state index is 12.4. The standard InChI is InChI=1S/C19H23NO4S/c1-3-5-15-6-12-18(13-7-15)25(22,23)20-17-10-8-16(9-11-17)19(21)24-14-4-2/h6-13,20H,3-5,14H2,1-2H3. The number of rotatable bonds is 8. The Bertz CT molecular complexity index is 796. The zero-order valence-electron chi connectivity index (χ0n) is 14.5. The highest BCUT2D eigenvalue weighted by atomic mass is 32.2. The van der Waals surface area contributed by atoms with Crippen LogP contribution in [-0.4, -0.2) is 21.0 Å². The van der Waals surface area contributed by atoms with Gasteiger partial charge in [0.05, 0.1) is 17.1 Å². The Hall–Kier alpha value is -2.34. The van der Waals surface area contributed by atoms with Gasteiger partial charge in [-0.2, -0.15) is 0 Å². The molecule has 6 heteroatoms. The van der Waals surface area contributed by atoms with Crippen LogP contribution in [0.15, 0.2) is 53.4 Å². The topological polar surface area (TPSA) is 72.5 Å². The number of ether oxygens (including phenoxy) is 1. The second kappa shape index (κ2) is 8.67. The van der Waals surface area contributed by atoms with Crippen LogP contribution in [0.25, 0.3) is 0 Å². The molecule has 2 rings (SSSR count). The molecule has 1 N–H and O–H groups in total. The lowest BCUT2D eigenvalue weighted by molar-refractivity contribution is 0.0505. The number of hydrogen-bond acceptors (Lipinski definition) is 4. The van der Waals surface area contributed by atoms with Crippen LogP contribution in [0, 0.1) is 0 Å². The molecule has 0 aliphatic heterocycles. The summed E-state index contributed by atoms with van der Waals surface area (Å²) in [6, 6.07) is 13.0. The molecular formula is C19H23NO4S. The number of hydrogen-bond donors (Lipinski definition) is 1. The van der Waals surface area contributed by atoms with Crippen molar-refractivity contribution >= 4 is 21.7 Å². The van der Waals surface area contributed by atoms with E-state index in [0.717, 1.165) is 24.8 Å². The number of benzene rings is 2. The summed E-state index contributed by atoms with van der Waals surface area (Å²) in [5.74, 6) is -0.414. The molecule has 0 atom stereocenters.